The quantitative estimate of drug-likeness (QED) is 0.892. The molecule has 2 nitrogen and oxygen atoms in total. The maximum absolute atomic E-state index is 14.1. The molecule has 2 aromatic carbocycles. The first-order valence-electron chi connectivity index (χ1n) is 6.20. The molecule has 0 heterocycles. The predicted molar refractivity (Wildman–Crippen MR) is 74.1 cm³/mol. The molecular formula is C16H16FNO. The van der Waals surface area contributed by atoms with Crippen LogP contribution in [0.15, 0.2) is 48.5 Å². The van der Waals surface area contributed by atoms with Crippen molar-refractivity contribution in [1.29, 1.82) is 0 Å². The van der Waals surface area contributed by atoms with Crippen LogP contribution < -0.4 is 5.32 Å². The first-order chi connectivity index (χ1) is 9.08. The third-order valence-corrected chi connectivity index (χ3v) is 3.00. The largest absolute Gasteiger partial charge is 0.350 e. The maximum atomic E-state index is 14.1. The number of amides is 1. The SMILES string of the molecule is CC(=O)NC(C)c1ccc(-c2ccccc2)c(F)c1. The van der Waals surface area contributed by atoms with Gasteiger partial charge >= 0.3 is 0 Å². The standard InChI is InChI=1S/C16H16FNO/c1-11(18-12(2)19)14-8-9-15(16(17)10-14)13-6-4-3-5-7-13/h3-11H,1-2H3,(H,18,19). The number of benzene rings is 2. The molecule has 0 bridgehead atoms. The van der Waals surface area contributed by atoms with Gasteiger partial charge in [0.15, 0.2) is 0 Å². The molecule has 0 radical (unpaired) electrons. The van der Waals surface area contributed by atoms with E-state index in [1.54, 1.807) is 6.07 Å². The van der Waals surface area contributed by atoms with Crippen molar-refractivity contribution in [2.75, 3.05) is 0 Å². The predicted octanol–water partition coefficient (Wildman–Crippen LogP) is 3.69. The zero-order chi connectivity index (χ0) is 13.8. The molecule has 1 N–H and O–H groups in total. The van der Waals surface area contributed by atoms with Crippen LogP contribution in [0, 0.1) is 5.82 Å². The fraction of sp³-hybridized carbons (Fsp3) is 0.188. The van der Waals surface area contributed by atoms with E-state index in [9.17, 15) is 9.18 Å². The molecule has 98 valence electrons. The average Bonchev–Trinajstić information content (AvgIpc) is 2.38. The first-order valence-corrected chi connectivity index (χ1v) is 6.20. The number of carbonyl (C=O) groups excluding carboxylic acids is 1. The van der Waals surface area contributed by atoms with Crippen LogP contribution in [0.2, 0.25) is 0 Å². The minimum atomic E-state index is -0.277. The van der Waals surface area contributed by atoms with E-state index in [-0.39, 0.29) is 17.8 Å². The van der Waals surface area contributed by atoms with Crippen molar-refractivity contribution < 1.29 is 9.18 Å². The zero-order valence-corrected chi connectivity index (χ0v) is 11.0. The van der Waals surface area contributed by atoms with Crippen molar-refractivity contribution in [3.63, 3.8) is 0 Å². The van der Waals surface area contributed by atoms with E-state index in [1.165, 1.54) is 13.0 Å². The lowest BCUT2D eigenvalue weighted by molar-refractivity contribution is -0.119. The Kier molecular flexibility index (Phi) is 3.95. The molecule has 0 saturated carbocycles. The van der Waals surface area contributed by atoms with Gasteiger partial charge in [-0.15, -0.1) is 0 Å². The third-order valence-electron chi connectivity index (χ3n) is 3.00. The molecule has 2 rings (SSSR count). The summed E-state index contributed by atoms with van der Waals surface area (Å²) in [5.74, 6) is -0.402. The Bertz CT molecular complexity index is 581. The van der Waals surface area contributed by atoms with Crippen molar-refractivity contribution in [2.24, 2.45) is 0 Å². The van der Waals surface area contributed by atoms with Crippen molar-refractivity contribution in [3.8, 4) is 11.1 Å². The van der Waals surface area contributed by atoms with Crippen molar-refractivity contribution >= 4 is 5.91 Å². The van der Waals surface area contributed by atoms with Crippen molar-refractivity contribution in [1.82, 2.24) is 5.32 Å². The second kappa shape index (κ2) is 5.65. The van der Waals surface area contributed by atoms with Gasteiger partial charge in [-0.2, -0.15) is 0 Å². The van der Waals surface area contributed by atoms with Gasteiger partial charge in [0.2, 0.25) is 5.91 Å². The highest BCUT2D eigenvalue weighted by Gasteiger charge is 2.10. The zero-order valence-electron chi connectivity index (χ0n) is 11.0. The van der Waals surface area contributed by atoms with Gasteiger partial charge in [0, 0.05) is 12.5 Å². The minimum absolute atomic E-state index is 0.125. The Labute approximate surface area is 112 Å². The maximum Gasteiger partial charge on any atom is 0.217 e. The smallest absolute Gasteiger partial charge is 0.217 e. The van der Waals surface area contributed by atoms with Crippen LogP contribution in [-0.4, -0.2) is 5.91 Å². The molecule has 0 fully saturated rings. The summed E-state index contributed by atoms with van der Waals surface area (Å²) in [4.78, 5) is 11.0. The third kappa shape index (κ3) is 3.19. The highest BCUT2D eigenvalue weighted by Crippen LogP contribution is 2.25. The van der Waals surface area contributed by atoms with Crippen LogP contribution >= 0.6 is 0 Å². The minimum Gasteiger partial charge on any atom is -0.350 e. The van der Waals surface area contributed by atoms with Gasteiger partial charge in [0.25, 0.3) is 0 Å². The molecule has 1 amide bonds. The highest BCUT2D eigenvalue weighted by atomic mass is 19.1. The summed E-state index contributed by atoms with van der Waals surface area (Å²) in [6, 6.07) is 14.3. The number of hydrogen-bond acceptors (Lipinski definition) is 1. The highest BCUT2D eigenvalue weighted by molar-refractivity contribution is 5.73. The van der Waals surface area contributed by atoms with Crippen LogP contribution in [0.25, 0.3) is 11.1 Å². The van der Waals surface area contributed by atoms with Gasteiger partial charge in [-0.1, -0.05) is 42.5 Å². The fourth-order valence-electron chi connectivity index (χ4n) is 2.04. The molecule has 19 heavy (non-hydrogen) atoms. The molecule has 0 aliphatic rings. The molecule has 3 heteroatoms. The topological polar surface area (TPSA) is 29.1 Å². The molecule has 2 aromatic rings. The molecular weight excluding hydrogens is 241 g/mol. The molecule has 0 saturated heterocycles. The molecule has 0 aliphatic carbocycles. The second-order valence-corrected chi connectivity index (χ2v) is 4.53. The lowest BCUT2D eigenvalue weighted by atomic mass is 10.0. The van der Waals surface area contributed by atoms with Crippen LogP contribution in [-0.2, 0) is 4.79 Å². The van der Waals surface area contributed by atoms with Gasteiger partial charge in [-0.25, -0.2) is 4.39 Å². The Balaban J connectivity index is 2.30. The van der Waals surface area contributed by atoms with Gasteiger partial charge in [0.1, 0.15) is 5.82 Å². The van der Waals surface area contributed by atoms with Crippen LogP contribution in [0.4, 0.5) is 4.39 Å². The van der Waals surface area contributed by atoms with E-state index in [4.69, 9.17) is 0 Å². The lowest BCUT2D eigenvalue weighted by Crippen LogP contribution is -2.23. The number of nitrogens with one attached hydrogen (secondary N) is 1. The normalized spacial score (nSPS) is 11.9. The van der Waals surface area contributed by atoms with Gasteiger partial charge in [-0.05, 0) is 24.1 Å². The number of carbonyl (C=O) groups is 1. The van der Waals surface area contributed by atoms with E-state index < -0.39 is 0 Å². The molecule has 0 aliphatic heterocycles. The summed E-state index contributed by atoms with van der Waals surface area (Å²) in [5.41, 5.74) is 2.17. The van der Waals surface area contributed by atoms with E-state index in [0.717, 1.165) is 11.1 Å². The van der Waals surface area contributed by atoms with Crippen molar-refractivity contribution in [2.45, 2.75) is 19.9 Å². The lowest BCUT2D eigenvalue weighted by Gasteiger charge is -2.14. The average molecular weight is 257 g/mol. The summed E-state index contributed by atoms with van der Waals surface area (Å²) in [5, 5.41) is 2.74. The summed E-state index contributed by atoms with van der Waals surface area (Å²) >= 11 is 0. The summed E-state index contributed by atoms with van der Waals surface area (Å²) in [6.07, 6.45) is 0. The molecule has 1 atom stereocenters. The van der Waals surface area contributed by atoms with Crippen LogP contribution in [0.3, 0.4) is 0 Å². The van der Waals surface area contributed by atoms with Crippen LogP contribution in [0.1, 0.15) is 25.5 Å². The Morgan fingerprint density at radius 3 is 2.42 bits per heavy atom. The fourth-order valence-corrected chi connectivity index (χ4v) is 2.04. The van der Waals surface area contributed by atoms with E-state index >= 15 is 0 Å². The first kappa shape index (κ1) is 13.3. The monoisotopic (exact) mass is 257 g/mol. The molecule has 0 aromatic heterocycles. The molecule has 1 unspecified atom stereocenters. The number of hydrogen-bond donors (Lipinski definition) is 1. The van der Waals surface area contributed by atoms with E-state index in [1.807, 2.05) is 43.3 Å². The van der Waals surface area contributed by atoms with Crippen LogP contribution in [0.5, 0.6) is 0 Å². The molecule has 0 spiro atoms. The van der Waals surface area contributed by atoms with E-state index in [0.29, 0.717) is 5.56 Å². The van der Waals surface area contributed by atoms with Gasteiger partial charge in [-0.3, -0.25) is 4.79 Å². The summed E-state index contributed by atoms with van der Waals surface area (Å²) < 4.78 is 14.1. The second-order valence-electron chi connectivity index (χ2n) is 4.53. The van der Waals surface area contributed by atoms with E-state index in [2.05, 4.69) is 5.32 Å². The van der Waals surface area contributed by atoms with Gasteiger partial charge < -0.3 is 5.32 Å². The number of halogens is 1. The Morgan fingerprint density at radius 1 is 1.16 bits per heavy atom. The summed E-state index contributed by atoms with van der Waals surface area (Å²) in [7, 11) is 0. The van der Waals surface area contributed by atoms with Gasteiger partial charge in [0.05, 0.1) is 6.04 Å². The Hall–Kier alpha value is -2.16. The summed E-state index contributed by atoms with van der Waals surface area (Å²) in [6.45, 7) is 3.28. The number of rotatable bonds is 3. The van der Waals surface area contributed by atoms with Crippen molar-refractivity contribution in [3.05, 3.63) is 59.9 Å². The Morgan fingerprint density at radius 2 is 1.84 bits per heavy atom.